The van der Waals surface area contributed by atoms with Crippen LogP contribution in [0.15, 0.2) is 18.7 Å². The van der Waals surface area contributed by atoms with Crippen molar-refractivity contribution in [2.75, 3.05) is 19.6 Å². The second-order valence-electron chi connectivity index (χ2n) is 6.97. The lowest BCUT2D eigenvalue weighted by molar-refractivity contribution is -0.122. The Kier molecular flexibility index (Phi) is 5.13. The summed E-state index contributed by atoms with van der Waals surface area (Å²) in [5.41, 5.74) is 0. The zero-order valence-corrected chi connectivity index (χ0v) is 13.6. The molecule has 0 radical (unpaired) electrons. The van der Waals surface area contributed by atoms with E-state index in [1.54, 1.807) is 12.5 Å². The van der Waals surface area contributed by atoms with Crippen LogP contribution in [0, 0.1) is 11.8 Å². The SMILES string of the molecule is CCC[C@@H]1CN(CC2CCC2)C[C@H]1NC(=O)Cn1ccnc1. The number of nitrogens with one attached hydrogen (secondary N) is 1. The maximum absolute atomic E-state index is 12.2. The summed E-state index contributed by atoms with van der Waals surface area (Å²) in [6.07, 6.45) is 11.8. The molecular weight excluding hydrogens is 276 g/mol. The molecule has 1 N–H and O–H groups in total. The fourth-order valence-electron chi connectivity index (χ4n) is 3.78. The average molecular weight is 304 g/mol. The predicted molar refractivity (Wildman–Crippen MR) is 86.3 cm³/mol. The summed E-state index contributed by atoms with van der Waals surface area (Å²) in [6, 6.07) is 0.316. The Morgan fingerprint density at radius 3 is 2.86 bits per heavy atom. The van der Waals surface area contributed by atoms with E-state index in [1.807, 2.05) is 10.8 Å². The highest BCUT2D eigenvalue weighted by atomic mass is 16.2. The summed E-state index contributed by atoms with van der Waals surface area (Å²) in [5, 5.41) is 3.26. The lowest BCUT2D eigenvalue weighted by Crippen LogP contribution is -2.42. The molecule has 2 aliphatic rings. The molecule has 2 atom stereocenters. The number of nitrogens with zero attached hydrogens (tertiary/aromatic N) is 3. The van der Waals surface area contributed by atoms with Gasteiger partial charge in [-0.15, -0.1) is 0 Å². The summed E-state index contributed by atoms with van der Waals surface area (Å²) in [6.45, 7) is 6.02. The van der Waals surface area contributed by atoms with Crippen molar-refractivity contribution in [2.24, 2.45) is 11.8 Å². The van der Waals surface area contributed by atoms with Crippen LogP contribution >= 0.6 is 0 Å². The Morgan fingerprint density at radius 2 is 2.23 bits per heavy atom. The number of rotatable bonds is 7. The second-order valence-corrected chi connectivity index (χ2v) is 6.97. The summed E-state index contributed by atoms with van der Waals surface area (Å²) in [5.74, 6) is 1.62. The number of carbonyl (C=O) groups excluding carboxylic acids is 1. The van der Waals surface area contributed by atoms with E-state index in [-0.39, 0.29) is 5.91 Å². The average Bonchev–Trinajstić information content (AvgIpc) is 3.05. The first kappa shape index (κ1) is 15.5. The number of amides is 1. The van der Waals surface area contributed by atoms with E-state index in [9.17, 15) is 4.79 Å². The Hall–Kier alpha value is -1.36. The van der Waals surface area contributed by atoms with Gasteiger partial charge in [-0.3, -0.25) is 4.79 Å². The minimum Gasteiger partial charge on any atom is -0.350 e. The first-order chi connectivity index (χ1) is 10.7. The largest absolute Gasteiger partial charge is 0.350 e. The van der Waals surface area contributed by atoms with Gasteiger partial charge in [0.05, 0.1) is 6.33 Å². The van der Waals surface area contributed by atoms with Crippen LogP contribution in [-0.4, -0.2) is 46.0 Å². The van der Waals surface area contributed by atoms with Crippen molar-refractivity contribution in [3.05, 3.63) is 18.7 Å². The van der Waals surface area contributed by atoms with Gasteiger partial charge in [-0.2, -0.15) is 0 Å². The molecule has 0 aromatic carbocycles. The lowest BCUT2D eigenvalue weighted by Gasteiger charge is -2.30. The summed E-state index contributed by atoms with van der Waals surface area (Å²) < 4.78 is 1.82. The van der Waals surface area contributed by atoms with Crippen molar-refractivity contribution in [1.82, 2.24) is 19.8 Å². The van der Waals surface area contributed by atoms with Crippen LogP contribution in [0.25, 0.3) is 0 Å². The zero-order valence-electron chi connectivity index (χ0n) is 13.6. The van der Waals surface area contributed by atoms with Gasteiger partial charge in [0.2, 0.25) is 5.91 Å². The maximum atomic E-state index is 12.2. The summed E-state index contributed by atoms with van der Waals surface area (Å²) >= 11 is 0. The molecule has 0 unspecified atom stereocenters. The minimum atomic E-state index is 0.106. The van der Waals surface area contributed by atoms with Crippen LogP contribution in [0.1, 0.15) is 39.0 Å². The smallest absolute Gasteiger partial charge is 0.240 e. The van der Waals surface area contributed by atoms with Crippen molar-refractivity contribution >= 4 is 5.91 Å². The number of hydrogen-bond donors (Lipinski definition) is 1. The van der Waals surface area contributed by atoms with Crippen LogP contribution in [0.2, 0.25) is 0 Å². The molecule has 5 nitrogen and oxygen atoms in total. The molecule has 1 aromatic heterocycles. The first-order valence-corrected chi connectivity index (χ1v) is 8.72. The number of hydrogen-bond acceptors (Lipinski definition) is 3. The van der Waals surface area contributed by atoms with Crippen molar-refractivity contribution in [2.45, 2.75) is 51.6 Å². The van der Waals surface area contributed by atoms with Gasteiger partial charge in [-0.05, 0) is 31.1 Å². The van der Waals surface area contributed by atoms with Gasteiger partial charge in [0.1, 0.15) is 6.54 Å². The van der Waals surface area contributed by atoms with Crippen molar-refractivity contribution in [3.63, 3.8) is 0 Å². The molecule has 1 aliphatic heterocycles. The van der Waals surface area contributed by atoms with E-state index < -0.39 is 0 Å². The van der Waals surface area contributed by atoms with Crippen LogP contribution in [0.5, 0.6) is 0 Å². The molecule has 1 aliphatic carbocycles. The van der Waals surface area contributed by atoms with E-state index in [2.05, 4.69) is 22.1 Å². The normalized spacial score (nSPS) is 26.0. The predicted octanol–water partition coefficient (Wildman–Crippen LogP) is 1.90. The highest BCUT2D eigenvalue weighted by Gasteiger charge is 2.34. The number of likely N-dealkylation sites (tertiary alicyclic amines) is 1. The van der Waals surface area contributed by atoms with E-state index in [0.717, 1.165) is 19.0 Å². The van der Waals surface area contributed by atoms with Gasteiger partial charge < -0.3 is 14.8 Å². The third kappa shape index (κ3) is 3.88. The molecule has 0 spiro atoms. The van der Waals surface area contributed by atoms with Crippen molar-refractivity contribution in [1.29, 1.82) is 0 Å². The van der Waals surface area contributed by atoms with E-state index >= 15 is 0 Å². The zero-order chi connectivity index (χ0) is 15.4. The minimum absolute atomic E-state index is 0.106. The van der Waals surface area contributed by atoms with Gasteiger partial charge in [-0.25, -0.2) is 4.98 Å². The molecule has 22 heavy (non-hydrogen) atoms. The fraction of sp³-hybridized carbons (Fsp3) is 0.765. The number of carbonyl (C=O) groups is 1. The molecule has 5 heteroatoms. The van der Waals surface area contributed by atoms with Crippen molar-refractivity contribution < 1.29 is 4.79 Å². The standard InChI is InChI=1S/C17H28N4O/c1-2-4-15-10-21(9-14-5-3-6-14)11-16(15)19-17(22)12-20-8-7-18-13-20/h7-8,13-16H,2-6,9-12H2,1H3,(H,19,22)/t15-,16-/m1/s1. The van der Waals surface area contributed by atoms with E-state index in [1.165, 1.54) is 38.6 Å². The Morgan fingerprint density at radius 1 is 1.36 bits per heavy atom. The van der Waals surface area contributed by atoms with Gasteiger partial charge in [-0.1, -0.05) is 19.8 Å². The molecule has 2 fully saturated rings. The molecule has 1 saturated heterocycles. The topological polar surface area (TPSA) is 50.2 Å². The monoisotopic (exact) mass is 304 g/mol. The van der Waals surface area contributed by atoms with Gasteiger partial charge in [0.25, 0.3) is 0 Å². The highest BCUT2D eigenvalue weighted by molar-refractivity contribution is 5.76. The first-order valence-electron chi connectivity index (χ1n) is 8.72. The number of aromatic nitrogens is 2. The molecule has 1 amide bonds. The molecule has 2 heterocycles. The summed E-state index contributed by atoms with van der Waals surface area (Å²) in [4.78, 5) is 18.8. The lowest BCUT2D eigenvalue weighted by atomic mass is 9.85. The second kappa shape index (κ2) is 7.27. The number of imidazole rings is 1. The molecule has 0 bridgehead atoms. The highest BCUT2D eigenvalue weighted by Crippen LogP contribution is 2.30. The van der Waals surface area contributed by atoms with Crippen LogP contribution in [-0.2, 0) is 11.3 Å². The maximum Gasteiger partial charge on any atom is 0.240 e. The van der Waals surface area contributed by atoms with Crippen LogP contribution in [0.3, 0.4) is 0 Å². The van der Waals surface area contributed by atoms with Gasteiger partial charge >= 0.3 is 0 Å². The van der Waals surface area contributed by atoms with E-state index in [0.29, 0.717) is 18.5 Å². The Balaban J connectivity index is 1.51. The third-order valence-electron chi connectivity index (χ3n) is 5.15. The Labute approximate surface area is 133 Å². The summed E-state index contributed by atoms with van der Waals surface area (Å²) in [7, 11) is 0. The molecule has 1 aromatic rings. The van der Waals surface area contributed by atoms with Gasteiger partial charge in [0.15, 0.2) is 0 Å². The van der Waals surface area contributed by atoms with Gasteiger partial charge in [0, 0.05) is 38.1 Å². The third-order valence-corrected chi connectivity index (χ3v) is 5.15. The van der Waals surface area contributed by atoms with Crippen LogP contribution < -0.4 is 5.32 Å². The molecule has 3 rings (SSSR count). The van der Waals surface area contributed by atoms with E-state index in [4.69, 9.17) is 0 Å². The quantitative estimate of drug-likeness (QED) is 0.837. The van der Waals surface area contributed by atoms with Crippen LogP contribution in [0.4, 0.5) is 0 Å². The molecule has 122 valence electrons. The fourth-order valence-corrected chi connectivity index (χ4v) is 3.78. The van der Waals surface area contributed by atoms with Crippen molar-refractivity contribution in [3.8, 4) is 0 Å². The Bertz CT molecular complexity index is 469. The molecular formula is C17H28N4O. The molecule has 1 saturated carbocycles.